The summed E-state index contributed by atoms with van der Waals surface area (Å²) in [4.78, 5) is 0. The second-order valence-corrected chi connectivity index (χ2v) is 2.22. The van der Waals surface area contributed by atoms with Gasteiger partial charge in [0.25, 0.3) is 0 Å². The first kappa shape index (κ1) is 7.56. The van der Waals surface area contributed by atoms with Crippen molar-refractivity contribution in [3.05, 3.63) is 6.42 Å². The maximum absolute atomic E-state index is 5.04. The summed E-state index contributed by atoms with van der Waals surface area (Å²) in [6.07, 6.45) is 9.23. The fourth-order valence-electron chi connectivity index (χ4n) is 0.500. The lowest BCUT2D eigenvalue weighted by molar-refractivity contribution is 0.709. The van der Waals surface area contributed by atoms with E-state index in [0.29, 0.717) is 5.92 Å². The van der Waals surface area contributed by atoms with Crippen LogP contribution >= 0.6 is 0 Å². The Morgan fingerprint density at radius 1 is 1.62 bits per heavy atom. The summed E-state index contributed by atoms with van der Waals surface area (Å²) in [6.45, 7) is 4.33. The van der Waals surface area contributed by atoms with E-state index in [0.717, 1.165) is 12.8 Å². The minimum absolute atomic E-state index is 0.684. The molecular formula is C8H13. The van der Waals surface area contributed by atoms with Crippen LogP contribution in [0.2, 0.25) is 0 Å². The molecule has 8 heavy (non-hydrogen) atoms. The summed E-state index contributed by atoms with van der Waals surface area (Å²) in [5, 5.41) is 0. The first-order valence-electron chi connectivity index (χ1n) is 3.04. The van der Waals surface area contributed by atoms with Crippen LogP contribution in [0, 0.1) is 24.7 Å². The maximum atomic E-state index is 5.04. The predicted molar refractivity (Wildman–Crippen MR) is 37.2 cm³/mol. The Hall–Kier alpha value is -0.440. The van der Waals surface area contributed by atoms with Crippen LogP contribution in [0.5, 0.6) is 0 Å². The van der Waals surface area contributed by atoms with Gasteiger partial charge in [-0.15, -0.1) is 12.3 Å². The van der Waals surface area contributed by atoms with Crippen molar-refractivity contribution < 1.29 is 0 Å². The highest BCUT2D eigenvalue weighted by Crippen LogP contribution is 2.02. The first-order chi connectivity index (χ1) is 3.77. The van der Waals surface area contributed by atoms with Crippen molar-refractivity contribution in [3.63, 3.8) is 0 Å². The average molecular weight is 109 g/mol. The van der Waals surface area contributed by atoms with Crippen LogP contribution in [-0.2, 0) is 0 Å². The number of rotatable bonds is 3. The number of terminal acetylenes is 1. The van der Waals surface area contributed by atoms with Crippen LogP contribution in [-0.4, -0.2) is 0 Å². The Bertz CT molecular complexity index is 74.5. The quantitative estimate of drug-likeness (QED) is 0.385. The highest BCUT2D eigenvalue weighted by atomic mass is 14.0. The molecule has 0 atom stereocenters. The van der Waals surface area contributed by atoms with E-state index in [1.54, 1.807) is 0 Å². The molecule has 0 spiro atoms. The van der Waals surface area contributed by atoms with Gasteiger partial charge < -0.3 is 0 Å². The smallest absolute Gasteiger partial charge is 0.00888 e. The molecule has 0 amide bonds. The van der Waals surface area contributed by atoms with Crippen LogP contribution in [0.15, 0.2) is 0 Å². The largest absolute Gasteiger partial charge is 0.120 e. The van der Waals surface area contributed by atoms with E-state index in [4.69, 9.17) is 6.42 Å². The minimum Gasteiger partial charge on any atom is -0.120 e. The zero-order chi connectivity index (χ0) is 6.41. The highest BCUT2D eigenvalue weighted by molar-refractivity contribution is 4.86. The molecule has 0 aromatic carbocycles. The molecule has 0 aromatic heterocycles. The summed E-state index contributed by atoms with van der Waals surface area (Å²) in [7, 11) is 0. The van der Waals surface area contributed by atoms with E-state index in [1.165, 1.54) is 0 Å². The average Bonchev–Trinajstić information content (AvgIpc) is 1.66. The Kier molecular flexibility index (Phi) is 4.45. The maximum Gasteiger partial charge on any atom is 0.00888 e. The zero-order valence-electron chi connectivity index (χ0n) is 5.65. The Morgan fingerprint density at radius 3 is 2.62 bits per heavy atom. The van der Waals surface area contributed by atoms with E-state index in [-0.39, 0.29) is 0 Å². The van der Waals surface area contributed by atoms with Crippen LogP contribution in [0.4, 0.5) is 0 Å². The molecule has 0 nitrogen and oxygen atoms in total. The van der Waals surface area contributed by atoms with E-state index >= 15 is 0 Å². The summed E-state index contributed by atoms with van der Waals surface area (Å²) in [6, 6.07) is 0. The van der Waals surface area contributed by atoms with Crippen molar-refractivity contribution in [1.82, 2.24) is 0 Å². The lowest BCUT2D eigenvalue weighted by Gasteiger charge is -1.98. The zero-order valence-corrected chi connectivity index (χ0v) is 5.65. The Morgan fingerprint density at radius 2 is 2.25 bits per heavy atom. The standard InChI is InChI=1S/C8H13/c1-4-5-6-7-8(2)3/h1,7-8H,5-6H2,2-3H3. The molecule has 45 valence electrons. The molecule has 0 unspecified atom stereocenters. The van der Waals surface area contributed by atoms with Crippen LogP contribution in [0.25, 0.3) is 0 Å². The summed E-state index contributed by atoms with van der Waals surface area (Å²) < 4.78 is 0. The molecule has 0 N–H and O–H groups in total. The van der Waals surface area contributed by atoms with Gasteiger partial charge in [-0.1, -0.05) is 13.8 Å². The first-order valence-corrected chi connectivity index (χ1v) is 3.04. The van der Waals surface area contributed by atoms with E-state index < -0.39 is 0 Å². The van der Waals surface area contributed by atoms with Crippen molar-refractivity contribution in [2.24, 2.45) is 5.92 Å². The molecule has 0 aliphatic rings. The van der Waals surface area contributed by atoms with E-state index in [2.05, 4.69) is 26.2 Å². The Balaban J connectivity index is 2.85. The number of hydrogen-bond donors (Lipinski definition) is 0. The molecule has 0 rings (SSSR count). The fourth-order valence-corrected chi connectivity index (χ4v) is 0.500. The summed E-state index contributed by atoms with van der Waals surface area (Å²) in [5.41, 5.74) is 0. The van der Waals surface area contributed by atoms with E-state index in [1.807, 2.05) is 0 Å². The predicted octanol–water partition coefficient (Wildman–Crippen LogP) is 2.26. The van der Waals surface area contributed by atoms with Crippen LogP contribution in [0.1, 0.15) is 26.7 Å². The Labute approximate surface area is 52.3 Å². The van der Waals surface area contributed by atoms with E-state index in [9.17, 15) is 0 Å². The molecule has 0 saturated carbocycles. The third-order valence-corrected chi connectivity index (χ3v) is 0.927. The normalized spacial score (nSPS) is 9.25. The van der Waals surface area contributed by atoms with Gasteiger partial charge in [0.1, 0.15) is 0 Å². The van der Waals surface area contributed by atoms with Gasteiger partial charge in [0.2, 0.25) is 0 Å². The molecule has 0 aromatic rings. The highest BCUT2D eigenvalue weighted by Gasteiger charge is 1.90. The molecule has 0 heterocycles. The SMILES string of the molecule is C#CCC[CH]C(C)C. The summed E-state index contributed by atoms with van der Waals surface area (Å²) >= 11 is 0. The van der Waals surface area contributed by atoms with Crippen molar-refractivity contribution in [1.29, 1.82) is 0 Å². The molecule has 0 bridgehead atoms. The van der Waals surface area contributed by atoms with Crippen LogP contribution < -0.4 is 0 Å². The topological polar surface area (TPSA) is 0 Å². The third-order valence-electron chi connectivity index (χ3n) is 0.927. The molecular weight excluding hydrogens is 96.1 g/mol. The van der Waals surface area contributed by atoms with Gasteiger partial charge in [-0.2, -0.15) is 0 Å². The summed E-state index contributed by atoms with van der Waals surface area (Å²) in [5.74, 6) is 3.28. The monoisotopic (exact) mass is 109 g/mol. The second-order valence-electron chi connectivity index (χ2n) is 2.22. The minimum atomic E-state index is 0.684. The van der Waals surface area contributed by atoms with Gasteiger partial charge in [0, 0.05) is 6.42 Å². The molecule has 0 aliphatic heterocycles. The van der Waals surface area contributed by atoms with Gasteiger partial charge in [-0.3, -0.25) is 0 Å². The van der Waals surface area contributed by atoms with Gasteiger partial charge in [-0.05, 0) is 18.8 Å². The lowest BCUT2D eigenvalue weighted by atomic mass is 10.1. The molecule has 0 heteroatoms. The molecule has 0 fully saturated rings. The number of hydrogen-bond acceptors (Lipinski definition) is 0. The van der Waals surface area contributed by atoms with Crippen LogP contribution in [0.3, 0.4) is 0 Å². The van der Waals surface area contributed by atoms with Gasteiger partial charge in [-0.25, -0.2) is 0 Å². The number of unbranched alkanes of at least 4 members (excludes halogenated alkanes) is 1. The van der Waals surface area contributed by atoms with Gasteiger partial charge in [0.05, 0.1) is 0 Å². The second kappa shape index (κ2) is 4.71. The fraction of sp³-hybridized carbons (Fsp3) is 0.625. The van der Waals surface area contributed by atoms with Gasteiger partial charge in [0.15, 0.2) is 0 Å². The molecule has 0 aliphatic carbocycles. The molecule has 0 saturated heterocycles. The lowest BCUT2D eigenvalue weighted by Crippen LogP contribution is -1.86. The van der Waals surface area contributed by atoms with Crippen molar-refractivity contribution in [2.45, 2.75) is 26.7 Å². The van der Waals surface area contributed by atoms with Crippen molar-refractivity contribution in [2.75, 3.05) is 0 Å². The molecule has 1 radical (unpaired) electrons. The van der Waals surface area contributed by atoms with Gasteiger partial charge >= 0.3 is 0 Å². The van der Waals surface area contributed by atoms with Crippen molar-refractivity contribution in [3.8, 4) is 12.3 Å². The van der Waals surface area contributed by atoms with Crippen molar-refractivity contribution >= 4 is 0 Å². The third kappa shape index (κ3) is 5.56.